The van der Waals surface area contributed by atoms with E-state index in [4.69, 9.17) is 5.11 Å². The standard InChI is InChI=1S/C19H17N3O2/c23-19(24)11-5-7-15-6-4-8-16(12-15)13-22-14-18(20-21-22)17-9-2-1-3-10-17/h1-6,8-12,14H,7,13H2,(H,23,24)/b11-5+. The van der Waals surface area contributed by atoms with Gasteiger partial charge in [0.25, 0.3) is 0 Å². The SMILES string of the molecule is O=C(O)/C=C/Cc1cccc(Cn2cc(-c3ccccc3)nn2)c1. The molecule has 0 saturated carbocycles. The van der Waals surface area contributed by atoms with Crippen molar-refractivity contribution in [3.05, 3.63) is 84.1 Å². The van der Waals surface area contributed by atoms with Gasteiger partial charge in [0, 0.05) is 11.6 Å². The highest BCUT2D eigenvalue weighted by Crippen LogP contribution is 2.15. The zero-order valence-corrected chi connectivity index (χ0v) is 13.0. The summed E-state index contributed by atoms with van der Waals surface area (Å²) >= 11 is 0. The Morgan fingerprint density at radius 3 is 2.67 bits per heavy atom. The van der Waals surface area contributed by atoms with E-state index in [1.165, 1.54) is 0 Å². The van der Waals surface area contributed by atoms with Gasteiger partial charge in [0.05, 0.1) is 12.7 Å². The average molecular weight is 319 g/mol. The molecule has 0 saturated heterocycles. The summed E-state index contributed by atoms with van der Waals surface area (Å²) in [5, 5.41) is 17.0. The molecular weight excluding hydrogens is 302 g/mol. The number of allylic oxidation sites excluding steroid dienone is 1. The van der Waals surface area contributed by atoms with Crippen LogP contribution in [0.15, 0.2) is 72.9 Å². The molecule has 0 atom stereocenters. The van der Waals surface area contributed by atoms with Crippen molar-refractivity contribution >= 4 is 5.97 Å². The number of aliphatic carboxylic acids is 1. The van der Waals surface area contributed by atoms with Gasteiger partial charge in [0.15, 0.2) is 0 Å². The van der Waals surface area contributed by atoms with Gasteiger partial charge in [-0.15, -0.1) is 5.10 Å². The Bertz CT molecular complexity index is 854. The number of benzene rings is 2. The number of hydrogen-bond donors (Lipinski definition) is 1. The molecule has 0 unspecified atom stereocenters. The fourth-order valence-electron chi connectivity index (χ4n) is 2.45. The number of aromatic nitrogens is 3. The van der Waals surface area contributed by atoms with Crippen LogP contribution in [0.3, 0.4) is 0 Å². The smallest absolute Gasteiger partial charge is 0.327 e. The summed E-state index contributed by atoms with van der Waals surface area (Å²) in [5.41, 5.74) is 4.04. The van der Waals surface area contributed by atoms with Crippen molar-refractivity contribution in [2.75, 3.05) is 0 Å². The van der Waals surface area contributed by atoms with Crippen molar-refractivity contribution in [2.45, 2.75) is 13.0 Å². The minimum absolute atomic E-state index is 0.590. The molecule has 2 aromatic carbocycles. The lowest BCUT2D eigenvalue weighted by Gasteiger charge is -2.03. The molecule has 5 heteroatoms. The van der Waals surface area contributed by atoms with E-state index in [1.807, 2.05) is 54.7 Å². The highest BCUT2D eigenvalue weighted by molar-refractivity contribution is 5.79. The maximum Gasteiger partial charge on any atom is 0.327 e. The third-order valence-corrected chi connectivity index (χ3v) is 3.56. The average Bonchev–Trinajstić information content (AvgIpc) is 3.04. The van der Waals surface area contributed by atoms with Gasteiger partial charge in [0.2, 0.25) is 0 Å². The van der Waals surface area contributed by atoms with Crippen LogP contribution in [0.4, 0.5) is 0 Å². The first-order valence-electron chi connectivity index (χ1n) is 7.63. The zero-order chi connectivity index (χ0) is 16.8. The molecule has 0 spiro atoms. The van der Waals surface area contributed by atoms with Gasteiger partial charge >= 0.3 is 5.97 Å². The Hall–Kier alpha value is -3.21. The lowest BCUT2D eigenvalue weighted by Crippen LogP contribution is -2.01. The van der Waals surface area contributed by atoms with Gasteiger partial charge in [-0.05, 0) is 17.5 Å². The third kappa shape index (κ3) is 4.16. The second-order valence-electron chi connectivity index (χ2n) is 5.43. The molecule has 24 heavy (non-hydrogen) atoms. The number of carbonyl (C=O) groups is 1. The maximum atomic E-state index is 10.5. The highest BCUT2D eigenvalue weighted by Gasteiger charge is 2.04. The number of carboxylic acids is 1. The van der Waals surface area contributed by atoms with E-state index >= 15 is 0 Å². The van der Waals surface area contributed by atoms with Gasteiger partial charge in [-0.2, -0.15) is 0 Å². The van der Waals surface area contributed by atoms with Crippen LogP contribution in [0.2, 0.25) is 0 Å². The molecule has 5 nitrogen and oxygen atoms in total. The summed E-state index contributed by atoms with van der Waals surface area (Å²) in [4.78, 5) is 10.5. The Kier molecular flexibility index (Phi) is 4.81. The topological polar surface area (TPSA) is 68.0 Å². The first-order chi connectivity index (χ1) is 11.7. The summed E-state index contributed by atoms with van der Waals surface area (Å²) in [5.74, 6) is -0.929. The minimum Gasteiger partial charge on any atom is -0.478 e. The summed E-state index contributed by atoms with van der Waals surface area (Å²) in [6.07, 6.45) is 5.32. The molecule has 3 aromatic rings. The van der Waals surface area contributed by atoms with Crippen LogP contribution in [0, 0.1) is 0 Å². The van der Waals surface area contributed by atoms with Crippen molar-refractivity contribution in [2.24, 2.45) is 0 Å². The van der Waals surface area contributed by atoms with Crippen LogP contribution < -0.4 is 0 Å². The Labute approximate surface area is 139 Å². The minimum atomic E-state index is -0.929. The second-order valence-corrected chi connectivity index (χ2v) is 5.43. The predicted octanol–water partition coefficient (Wildman–Crippen LogP) is 3.18. The van der Waals surface area contributed by atoms with E-state index < -0.39 is 5.97 Å². The molecule has 0 aliphatic carbocycles. The van der Waals surface area contributed by atoms with Gasteiger partial charge in [0.1, 0.15) is 5.69 Å². The number of hydrogen-bond acceptors (Lipinski definition) is 3. The largest absolute Gasteiger partial charge is 0.478 e. The fourth-order valence-corrected chi connectivity index (χ4v) is 2.45. The van der Waals surface area contributed by atoms with Crippen LogP contribution in [0.1, 0.15) is 11.1 Å². The summed E-state index contributed by atoms with van der Waals surface area (Å²) in [7, 11) is 0. The molecule has 0 bridgehead atoms. The lowest BCUT2D eigenvalue weighted by atomic mass is 10.1. The van der Waals surface area contributed by atoms with Crippen molar-refractivity contribution in [1.29, 1.82) is 0 Å². The molecule has 0 amide bonds. The van der Waals surface area contributed by atoms with E-state index in [-0.39, 0.29) is 0 Å². The van der Waals surface area contributed by atoms with Crippen LogP contribution in [0.25, 0.3) is 11.3 Å². The van der Waals surface area contributed by atoms with Gasteiger partial charge < -0.3 is 5.11 Å². The molecule has 3 rings (SSSR count). The third-order valence-electron chi connectivity index (χ3n) is 3.56. The second kappa shape index (κ2) is 7.37. The quantitative estimate of drug-likeness (QED) is 0.709. The summed E-state index contributed by atoms with van der Waals surface area (Å²) < 4.78 is 1.80. The van der Waals surface area contributed by atoms with Crippen molar-refractivity contribution in [3.63, 3.8) is 0 Å². The lowest BCUT2D eigenvalue weighted by molar-refractivity contribution is -0.131. The van der Waals surface area contributed by atoms with E-state index in [0.29, 0.717) is 13.0 Å². The molecule has 0 aliphatic rings. The summed E-state index contributed by atoms with van der Waals surface area (Å²) in [6.45, 7) is 0.621. The highest BCUT2D eigenvalue weighted by atomic mass is 16.4. The van der Waals surface area contributed by atoms with Gasteiger partial charge in [-0.1, -0.05) is 65.9 Å². The molecule has 0 fully saturated rings. The molecule has 1 N–H and O–H groups in total. The molecule has 1 heterocycles. The number of rotatable bonds is 6. The predicted molar refractivity (Wildman–Crippen MR) is 91.5 cm³/mol. The van der Waals surface area contributed by atoms with Crippen LogP contribution in [0.5, 0.6) is 0 Å². The molecule has 120 valence electrons. The Morgan fingerprint density at radius 1 is 1.08 bits per heavy atom. The van der Waals surface area contributed by atoms with E-state index in [1.54, 1.807) is 10.8 Å². The Balaban J connectivity index is 1.70. The van der Waals surface area contributed by atoms with Crippen LogP contribution >= 0.6 is 0 Å². The zero-order valence-electron chi connectivity index (χ0n) is 13.0. The molecule has 0 aliphatic heterocycles. The normalized spacial score (nSPS) is 11.0. The maximum absolute atomic E-state index is 10.5. The van der Waals surface area contributed by atoms with Crippen LogP contribution in [-0.2, 0) is 17.8 Å². The van der Waals surface area contributed by atoms with E-state index in [0.717, 1.165) is 28.5 Å². The first-order valence-corrected chi connectivity index (χ1v) is 7.63. The van der Waals surface area contributed by atoms with Crippen molar-refractivity contribution in [3.8, 4) is 11.3 Å². The van der Waals surface area contributed by atoms with E-state index in [9.17, 15) is 4.79 Å². The number of carboxylic acid groups (broad SMARTS) is 1. The van der Waals surface area contributed by atoms with Crippen LogP contribution in [-0.4, -0.2) is 26.1 Å². The monoisotopic (exact) mass is 319 g/mol. The van der Waals surface area contributed by atoms with Crippen molar-refractivity contribution in [1.82, 2.24) is 15.0 Å². The van der Waals surface area contributed by atoms with Crippen molar-refractivity contribution < 1.29 is 9.90 Å². The number of nitrogens with zero attached hydrogens (tertiary/aromatic N) is 3. The molecule has 0 radical (unpaired) electrons. The van der Waals surface area contributed by atoms with E-state index in [2.05, 4.69) is 16.4 Å². The van der Waals surface area contributed by atoms with Gasteiger partial charge in [-0.25, -0.2) is 9.48 Å². The molecular formula is C19H17N3O2. The first kappa shape index (κ1) is 15.7. The molecule has 1 aromatic heterocycles. The van der Waals surface area contributed by atoms with Gasteiger partial charge in [-0.3, -0.25) is 0 Å². The summed E-state index contributed by atoms with van der Waals surface area (Å²) in [6, 6.07) is 17.9. The Morgan fingerprint density at radius 2 is 1.88 bits per heavy atom. The fraction of sp³-hybridized carbons (Fsp3) is 0.105.